The first-order valence-corrected chi connectivity index (χ1v) is 33.2. The molecule has 4 fully saturated rings. The molecule has 5 amide bonds. The fourth-order valence-electron chi connectivity index (χ4n) is 12.9. The number of hydrogen-bond acceptors (Lipinski definition) is 15. The number of nitrogens with zero attached hydrogens (tertiary/aromatic N) is 5. The molecule has 5 aromatic carbocycles. The topological polar surface area (TPSA) is 206 Å². The lowest BCUT2D eigenvalue weighted by Gasteiger charge is -2.39. The van der Waals surface area contributed by atoms with E-state index in [2.05, 4.69) is 56.2 Å². The second-order valence-electron chi connectivity index (χ2n) is 23.9. The Kier molecular flexibility index (Phi) is 17.6. The summed E-state index contributed by atoms with van der Waals surface area (Å²) in [6, 6.07) is 26.6. The van der Waals surface area contributed by atoms with Crippen LogP contribution in [0.5, 0.6) is 0 Å². The van der Waals surface area contributed by atoms with Gasteiger partial charge >= 0.3 is 5.51 Å². The molecular weight excluding hydrogens is 1210 g/mol. The SMILES string of the molecule is CC1(C)CCC(c2ccc(Cl)cc2)=C(CN2CCN(c3ccc(C(=O)NS(=O)(=O)c4ccc(N[C@H](CCN5C[C@H]6C[C@@H]5CN6Cc5ccc6c(c5F)C(=O)N(C5CCC(=O)NC5=O)C6=O)CSc5ccccc5)c(S(=O)(=O)C(F)(F)F)c4)cc3)CC2)C1. The van der Waals surface area contributed by atoms with E-state index in [1.54, 1.807) is 12.1 Å². The van der Waals surface area contributed by atoms with Crippen LogP contribution in [0.4, 0.5) is 28.9 Å². The number of fused-ring (bicyclic) bond motifs is 3. The van der Waals surface area contributed by atoms with Crippen molar-refractivity contribution < 1.29 is 58.4 Å². The zero-order chi connectivity index (χ0) is 61.7. The van der Waals surface area contributed by atoms with E-state index in [1.165, 1.54) is 52.7 Å². The summed E-state index contributed by atoms with van der Waals surface area (Å²) in [6.07, 6.45) is 3.91. The molecule has 4 atom stereocenters. The third-order valence-electron chi connectivity index (χ3n) is 17.5. The van der Waals surface area contributed by atoms with Gasteiger partial charge in [-0.25, -0.2) is 25.9 Å². The number of carbonyl (C=O) groups excluding carboxylic acids is 5. The van der Waals surface area contributed by atoms with Crippen molar-refractivity contribution in [2.45, 2.75) is 110 Å². The van der Waals surface area contributed by atoms with Crippen molar-refractivity contribution in [3.63, 3.8) is 0 Å². The Hall–Kier alpha value is -6.67. The summed E-state index contributed by atoms with van der Waals surface area (Å²) < 4.78 is 116. The van der Waals surface area contributed by atoms with Crippen molar-refractivity contribution >= 4 is 89.7 Å². The Labute approximate surface area is 511 Å². The van der Waals surface area contributed by atoms with Crippen molar-refractivity contribution in [1.29, 1.82) is 0 Å². The number of halogens is 5. The van der Waals surface area contributed by atoms with Crippen molar-refractivity contribution in [3.05, 3.63) is 153 Å². The number of anilines is 2. The van der Waals surface area contributed by atoms with E-state index >= 15 is 4.39 Å². The number of likely N-dealkylation sites (tertiary alicyclic amines) is 2. The Bertz CT molecular complexity index is 3790. The van der Waals surface area contributed by atoms with Crippen LogP contribution in [0.2, 0.25) is 5.02 Å². The quantitative estimate of drug-likeness (QED) is 0.0401. The fourth-order valence-corrected chi connectivity index (χ4v) is 16.0. The number of nitrogens with one attached hydrogen (secondary N) is 3. The summed E-state index contributed by atoms with van der Waals surface area (Å²) in [5.41, 5.74) is -1.80. The molecule has 6 aliphatic rings. The average Bonchev–Trinajstić information content (AvgIpc) is 2.25. The molecule has 5 aliphatic heterocycles. The van der Waals surface area contributed by atoms with Gasteiger partial charge in [-0.2, -0.15) is 13.2 Å². The van der Waals surface area contributed by atoms with E-state index in [0.29, 0.717) is 61.6 Å². The maximum absolute atomic E-state index is 16.2. The van der Waals surface area contributed by atoms with Gasteiger partial charge in [0.1, 0.15) is 16.8 Å². The van der Waals surface area contributed by atoms with E-state index in [9.17, 15) is 54.0 Å². The van der Waals surface area contributed by atoms with Gasteiger partial charge in [0.05, 0.1) is 21.7 Å². The molecule has 0 radical (unpaired) electrons. The van der Waals surface area contributed by atoms with Crippen LogP contribution < -0.4 is 20.3 Å². The lowest BCUT2D eigenvalue weighted by molar-refractivity contribution is -0.136. The number of sulfone groups is 1. The second-order valence-corrected chi connectivity index (χ2v) is 29.0. The molecule has 460 valence electrons. The molecule has 4 saturated heterocycles. The number of rotatable bonds is 19. The predicted molar refractivity (Wildman–Crippen MR) is 322 cm³/mol. The first-order valence-electron chi connectivity index (χ1n) is 28.8. The van der Waals surface area contributed by atoms with E-state index < -0.39 is 93.8 Å². The third-order valence-corrected chi connectivity index (χ3v) is 21.8. The monoisotopic (exact) mass is 1270 g/mol. The van der Waals surface area contributed by atoms with Gasteiger partial charge in [0.15, 0.2) is 0 Å². The minimum Gasteiger partial charge on any atom is -0.380 e. The normalized spacial score (nSPS) is 21.6. The molecule has 0 aromatic heterocycles. The highest BCUT2D eigenvalue weighted by Crippen LogP contribution is 2.44. The standard InChI is InChI=1S/C62H65ClF4N8O9S3/c1-61(2)24-22-49(38-8-13-42(63)14-9-38)41(32-61)33-71-26-28-72(29-27-71)44-15-10-39(11-16-44)57(77)70-87(83,84)48-17-19-51(53(31-48)86(81,82)62(65,66)67)68-43(37-85-47-6-4-3-5-7-47)23-25-73-35-46-30-45(73)36-74(46)34-40-12-18-50-55(56(40)64)60(80)75(59(50)79)52-20-21-54(76)69-58(52)78/h3-19,31,43,45-46,52,68H,20-30,32-37H2,1-2H3,(H,70,77)(H,69,76,78)/t43-,45-,46-,52?/m1/s1. The summed E-state index contributed by atoms with van der Waals surface area (Å²) in [5, 5.41) is 5.83. The van der Waals surface area contributed by atoms with Crippen LogP contribution in [0.3, 0.4) is 0 Å². The summed E-state index contributed by atoms with van der Waals surface area (Å²) in [5.74, 6) is -4.80. The molecule has 17 nitrogen and oxygen atoms in total. The number of carbonyl (C=O) groups is 5. The highest BCUT2D eigenvalue weighted by molar-refractivity contribution is 7.99. The predicted octanol–water partition coefficient (Wildman–Crippen LogP) is 9.00. The zero-order valence-corrected chi connectivity index (χ0v) is 51.0. The molecular formula is C62H65ClF4N8O9S3. The number of benzene rings is 5. The molecule has 2 bridgehead atoms. The van der Waals surface area contributed by atoms with Crippen LogP contribution in [-0.4, -0.2) is 154 Å². The smallest absolute Gasteiger partial charge is 0.380 e. The largest absolute Gasteiger partial charge is 0.501 e. The molecule has 5 aromatic rings. The van der Waals surface area contributed by atoms with Gasteiger partial charge in [0.25, 0.3) is 37.6 Å². The lowest BCUT2D eigenvalue weighted by atomic mass is 9.73. The summed E-state index contributed by atoms with van der Waals surface area (Å²) in [7, 11) is -11.1. The van der Waals surface area contributed by atoms with Crippen molar-refractivity contribution in [2.75, 3.05) is 68.3 Å². The zero-order valence-electron chi connectivity index (χ0n) is 47.7. The molecule has 5 heterocycles. The number of allylic oxidation sites excluding steroid dienone is 1. The number of amides is 5. The summed E-state index contributed by atoms with van der Waals surface area (Å²) in [6.45, 7) is 9.94. The van der Waals surface area contributed by atoms with Crippen molar-refractivity contribution in [2.24, 2.45) is 5.41 Å². The number of hydrogen-bond donors (Lipinski definition) is 3. The molecule has 25 heteroatoms. The highest BCUT2D eigenvalue weighted by Gasteiger charge is 2.50. The molecule has 3 N–H and O–H groups in total. The van der Waals surface area contributed by atoms with Gasteiger partial charge in [-0.15, -0.1) is 11.8 Å². The molecule has 11 rings (SSSR count). The molecule has 1 unspecified atom stereocenters. The molecule has 0 spiro atoms. The van der Waals surface area contributed by atoms with Gasteiger partial charge in [0.2, 0.25) is 11.8 Å². The first-order chi connectivity index (χ1) is 41.3. The maximum atomic E-state index is 16.2. The Balaban J connectivity index is 0.734. The number of imide groups is 2. The van der Waals surface area contributed by atoms with Gasteiger partial charge < -0.3 is 10.2 Å². The number of sulfonamides is 1. The Morgan fingerprint density at radius 2 is 1.53 bits per heavy atom. The van der Waals surface area contributed by atoms with E-state index in [0.717, 1.165) is 61.6 Å². The first kappa shape index (κ1) is 62.0. The van der Waals surface area contributed by atoms with Crippen molar-refractivity contribution in [1.82, 2.24) is 29.6 Å². The minimum absolute atomic E-state index is 0.0276. The minimum atomic E-state index is -6.19. The van der Waals surface area contributed by atoms with Crippen molar-refractivity contribution in [3.8, 4) is 0 Å². The van der Waals surface area contributed by atoms with Gasteiger partial charge in [0, 0.05) is 116 Å². The van der Waals surface area contributed by atoms with E-state index in [1.807, 2.05) is 47.2 Å². The Morgan fingerprint density at radius 3 is 2.21 bits per heavy atom. The van der Waals surface area contributed by atoms with Crippen LogP contribution in [0.15, 0.2) is 129 Å². The summed E-state index contributed by atoms with van der Waals surface area (Å²) >= 11 is 7.59. The number of alkyl halides is 3. The lowest BCUT2D eigenvalue weighted by Crippen LogP contribution is -2.54. The fraction of sp³-hybridized carbons (Fsp3) is 0.403. The van der Waals surface area contributed by atoms with Gasteiger partial charge in [-0.3, -0.25) is 48.9 Å². The van der Waals surface area contributed by atoms with Crippen LogP contribution in [0.1, 0.15) is 101 Å². The molecule has 0 saturated carbocycles. The van der Waals surface area contributed by atoms with Crippen LogP contribution in [0, 0.1) is 11.2 Å². The Morgan fingerprint density at radius 1 is 0.828 bits per heavy atom. The number of piperidine rings is 1. The molecule has 1 aliphatic carbocycles. The van der Waals surface area contributed by atoms with Crippen LogP contribution >= 0.6 is 23.4 Å². The van der Waals surface area contributed by atoms with E-state index in [-0.39, 0.29) is 59.3 Å². The third kappa shape index (κ3) is 13.2. The number of thioether (sulfide) groups is 1. The maximum Gasteiger partial charge on any atom is 0.501 e. The van der Waals surface area contributed by atoms with E-state index in [4.69, 9.17) is 11.6 Å². The number of piperazine rings is 2. The average molecular weight is 1270 g/mol. The van der Waals surface area contributed by atoms with Crippen LogP contribution in [-0.2, 0) is 36.0 Å². The highest BCUT2D eigenvalue weighted by atomic mass is 35.5. The van der Waals surface area contributed by atoms with Gasteiger partial charge in [-0.1, -0.05) is 67.4 Å². The second kappa shape index (κ2) is 24.7. The molecule has 87 heavy (non-hydrogen) atoms. The van der Waals surface area contributed by atoms with Gasteiger partial charge in [-0.05, 0) is 128 Å². The summed E-state index contributed by atoms with van der Waals surface area (Å²) in [4.78, 5) is 72.9. The van der Waals surface area contributed by atoms with Crippen LogP contribution in [0.25, 0.3) is 5.57 Å².